The van der Waals surface area contributed by atoms with E-state index in [1.807, 2.05) is 0 Å². The first kappa shape index (κ1) is 7.14. The van der Waals surface area contributed by atoms with Crippen LogP contribution in [0.1, 0.15) is 26.2 Å². The normalized spacial score (nSPS) is 35.2. The van der Waals surface area contributed by atoms with Gasteiger partial charge in [-0.15, -0.1) is 0 Å². The molecular formula is C7H15BO. The summed E-state index contributed by atoms with van der Waals surface area (Å²) in [6, 6.07) is 0. The van der Waals surface area contributed by atoms with E-state index in [1.165, 1.54) is 19.3 Å². The zero-order chi connectivity index (χ0) is 6.69. The molecule has 1 aliphatic rings. The first-order valence-corrected chi connectivity index (χ1v) is 3.82. The molecule has 0 aliphatic heterocycles. The topological polar surface area (TPSA) is 9.23 Å². The summed E-state index contributed by atoms with van der Waals surface area (Å²) in [5.74, 6) is 1.81. The molecule has 52 valence electrons. The Bertz CT molecular complexity index is 83.0. The van der Waals surface area contributed by atoms with E-state index in [9.17, 15) is 0 Å². The molecule has 2 atom stereocenters. The zero-order valence-electron chi connectivity index (χ0n) is 6.39. The maximum Gasteiger partial charge on any atom is 0.257 e. The molecule has 9 heavy (non-hydrogen) atoms. The SMILES string of the molecule is BOCC1CCC(C)C1. The lowest BCUT2D eigenvalue weighted by Crippen LogP contribution is -2.03. The second-order valence-electron chi connectivity index (χ2n) is 3.24. The van der Waals surface area contributed by atoms with E-state index in [-0.39, 0.29) is 0 Å². The second kappa shape index (κ2) is 3.26. The van der Waals surface area contributed by atoms with Gasteiger partial charge < -0.3 is 4.65 Å². The molecule has 1 aliphatic carbocycles. The predicted molar refractivity (Wildman–Crippen MR) is 41.0 cm³/mol. The maximum atomic E-state index is 5.07. The molecule has 0 amide bonds. The van der Waals surface area contributed by atoms with Crippen LogP contribution >= 0.6 is 0 Å². The molecule has 2 heteroatoms. The maximum absolute atomic E-state index is 5.07. The van der Waals surface area contributed by atoms with Crippen LogP contribution in [0.15, 0.2) is 0 Å². The van der Waals surface area contributed by atoms with Crippen molar-refractivity contribution in [1.82, 2.24) is 0 Å². The van der Waals surface area contributed by atoms with Gasteiger partial charge in [-0.1, -0.05) is 13.3 Å². The van der Waals surface area contributed by atoms with Crippen LogP contribution in [0.5, 0.6) is 0 Å². The molecule has 0 aromatic carbocycles. The third-order valence-corrected chi connectivity index (χ3v) is 2.21. The van der Waals surface area contributed by atoms with Gasteiger partial charge in [0.2, 0.25) is 0 Å². The molecule has 0 radical (unpaired) electrons. The predicted octanol–water partition coefficient (Wildman–Crippen LogP) is 0.987. The molecule has 0 saturated heterocycles. The average molecular weight is 126 g/mol. The van der Waals surface area contributed by atoms with Gasteiger partial charge in [-0.3, -0.25) is 0 Å². The van der Waals surface area contributed by atoms with Crippen molar-refractivity contribution in [3.05, 3.63) is 0 Å². The van der Waals surface area contributed by atoms with Crippen LogP contribution < -0.4 is 0 Å². The van der Waals surface area contributed by atoms with Gasteiger partial charge in [0.1, 0.15) is 0 Å². The molecule has 0 bridgehead atoms. The summed E-state index contributed by atoms with van der Waals surface area (Å²) >= 11 is 0. The fourth-order valence-corrected chi connectivity index (χ4v) is 1.71. The van der Waals surface area contributed by atoms with Crippen molar-refractivity contribution < 1.29 is 4.65 Å². The van der Waals surface area contributed by atoms with E-state index >= 15 is 0 Å². The zero-order valence-corrected chi connectivity index (χ0v) is 6.39. The first-order valence-electron chi connectivity index (χ1n) is 3.82. The molecule has 0 N–H and O–H groups in total. The third kappa shape index (κ3) is 2.01. The molecular weight excluding hydrogens is 111 g/mol. The van der Waals surface area contributed by atoms with Gasteiger partial charge in [-0.2, -0.15) is 0 Å². The Morgan fingerprint density at radius 2 is 2.33 bits per heavy atom. The average Bonchev–Trinajstić information content (AvgIpc) is 2.17. The molecule has 0 aromatic rings. The fourth-order valence-electron chi connectivity index (χ4n) is 1.71. The Kier molecular flexibility index (Phi) is 2.58. The van der Waals surface area contributed by atoms with Crippen LogP contribution in [-0.2, 0) is 4.65 Å². The standard InChI is InChI=1S/C7H15BO/c1-6-2-3-7(4-6)5-9-8/h6-7H,2-5,8H2,1H3. The van der Waals surface area contributed by atoms with Gasteiger partial charge in [-0.05, 0) is 24.7 Å². The number of hydrogen-bond acceptors (Lipinski definition) is 1. The Morgan fingerprint density at radius 1 is 1.56 bits per heavy atom. The number of rotatable bonds is 2. The molecule has 0 aromatic heterocycles. The van der Waals surface area contributed by atoms with Gasteiger partial charge in [-0.25, -0.2) is 0 Å². The molecule has 1 saturated carbocycles. The van der Waals surface area contributed by atoms with Crippen molar-refractivity contribution in [2.75, 3.05) is 6.61 Å². The third-order valence-electron chi connectivity index (χ3n) is 2.21. The van der Waals surface area contributed by atoms with Crippen molar-refractivity contribution in [2.24, 2.45) is 11.8 Å². The lowest BCUT2D eigenvalue weighted by atomic mass is 10.1. The summed E-state index contributed by atoms with van der Waals surface area (Å²) in [6.45, 7) is 3.31. The summed E-state index contributed by atoms with van der Waals surface area (Å²) in [5.41, 5.74) is 0. The molecule has 0 heterocycles. The monoisotopic (exact) mass is 126 g/mol. The largest absolute Gasteiger partial charge is 0.444 e. The minimum Gasteiger partial charge on any atom is -0.444 e. The quantitative estimate of drug-likeness (QED) is 0.501. The smallest absolute Gasteiger partial charge is 0.257 e. The van der Waals surface area contributed by atoms with Crippen LogP contribution in [0.25, 0.3) is 0 Å². The molecule has 0 spiro atoms. The van der Waals surface area contributed by atoms with E-state index in [2.05, 4.69) is 6.92 Å². The van der Waals surface area contributed by atoms with Crippen molar-refractivity contribution >= 4 is 8.05 Å². The number of hydrogen-bond donors (Lipinski definition) is 0. The van der Waals surface area contributed by atoms with E-state index in [0.717, 1.165) is 18.4 Å². The van der Waals surface area contributed by atoms with Gasteiger partial charge in [0.05, 0.1) is 0 Å². The van der Waals surface area contributed by atoms with Crippen molar-refractivity contribution in [2.45, 2.75) is 26.2 Å². The lowest BCUT2D eigenvalue weighted by Gasteiger charge is -2.06. The van der Waals surface area contributed by atoms with Crippen LogP contribution in [0.4, 0.5) is 0 Å². The Hall–Kier alpha value is 0.0249. The van der Waals surface area contributed by atoms with E-state index in [0.29, 0.717) is 0 Å². The van der Waals surface area contributed by atoms with Gasteiger partial charge >= 0.3 is 0 Å². The molecule has 2 unspecified atom stereocenters. The summed E-state index contributed by atoms with van der Waals surface area (Å²) in [4.78, 5) is 0. The Morgan fingerprint density at radius 3 is 2.78 bits per heavy atom. The summed E-state index contributed by atoms with van der Waals surface area (Å²) < 4.78 is 5.07. The van der Waals surface area contributed by atoms with Gasteiger partial charge in [0, 0.05) is 6.61 Å². The van der Waals surface area contributed by atoms with Crippen molar-refractivity contribution in [3.63, 3.8) is 0 Å². The van der Waals surface area contributed by atoms with Crippen LogP contribution in [-0.4, -0.2) is 14.7 Å². The Labute approximate surface area is 58.2 Å². The highest BCUT2D eigenvalue weighted by Gasteiger charge is 2.20. The fraction of sp³-hybridized carbons (Fsp3) is 1.00. The van der Waals surface area contributed by atoms with Crippen LogP contribution in [0, 0.1) is 11.8 Å². The van der Waals surface area contributed by atoms with Gasteiger partial charge in [0.15, 0.2) is 0 Å². The molecule has 1 nitrogen and oxygen atoms in total. The highest BCUT2D eigenvalue weighted by Crippen LogP contribution is 2.29. The van der Waals surface area contributed by atoms with Gasteiger partial charge in [0.25, 0.3) is 8.05 Å². The Balaban J connectivity index is 2.14. The summed E-state index contributed by atoms with van der Waals surface area (Å²) in [5, 5.41) is 0. The molecule has 1 rings (SSSR count). The molecule has 1 fully saturated rings. The van der Waals surface area contributed by atoms with Crippen molar-refractivity contribution in [3.8, 4) is 0 Å². The van der Waals surface area contributed by atoms with Crippen molar-refractivity contribution in [1.29, 1.82) is 0 Å². The highest BCUT2D eigenvalue weighted by atomic mass is 16.4. The van der Waals surface area contributed by atoms with E-state index in [1.54, 1.807) is 8.05 Å². The lowest BCUT2D eigenvalue weighted by molar-refractivity contribution is 0.269. The summed E-state index contributed by atoms with van der Waals surface area (Å²) in [6.07, 6.45) is 4.18. The van der Waals surface area contributed by atoms with Crippen LogP contribution in [0.3, 0.4) is 0 Å². The second-order valence-corrected chi connectivity index (χ2v) is 3.24. The summed E-state index contributed by atoms with van der Waals surface area (Å²) in [7, 11) is 1.79. The van der Waals surface area contributed by atoms with E-state index in [4.69, 9.17) is 4.65 Å². The minimum atomic E-state index is 0.866. The first-order chi connectivity index (χ1) is 4.33. The van der Waals surface area contributed by atoms with Crippen LogP contribution in [0.2, 0.25) is 0 Å². The van der Waals surface area contributed by atoms with E-state index < -0.39 is 0 Å². The highest BCUT2D eigenvalue weighted by molar-refractivity contribution is 5.97. The minimum absolute atomic E-state index is 0.866.